The Balaban J connectivity index is 1.98. The zero-order valence-electron chi connectivity index (χ0n) is 10.9. The lowest BCUT2D eigenvalue weighted by Crippen LogP contribution is -2.28. The minimum Gasteiger partial charge on any atom is -0.398 e. The first kappa shape index (κ1) is 13.5. The van der Waals surface area contributed by atoms with Gasteiger partial charge in [0.05, 0.1) is 10.6 Å². The van der Waals surface area contributed by atoms with E-state index in [1.54, 1.807) is 23.6 Å². The standard InChI is InChI=1S/C13H16N4OS/c1-8(13-15-3-4-19-13)6-17-12(18)10-7-16-9(2)5-11(10)14/h3-5,7-8H,6H2,1-2H3,(H2,14,16)(H,17,18). The number of hydrogen-bond donors (Lipinski definition) is 2. The van der Waals surface area contributed by atoms with Gasteiger partial charge in [0.1, 0.15) is 0 Å². The van der Waals surface area contributed by atoms with Crippen LogP contribution < -0.4 is 11.1 Å². The van der Waals surface area contributed by atoms with E-state index in [-0.39, 0.29) is 11.8 Å². The van der Waals surface area contributed by atoms with Gasteiger partial charge in [0.25, 0.3) is 5.91 Å². The van der Waals surface area contributed by atoms with Crippen LogP contribution in [0, 0.1) is 6.92 Å². The van der Waals surface area contributed by atoms with E-state index in [9.17, 15) is 4.79 Å². The average Bonchev–Trinajstić information content (AvgIpc) is 2.89. The van der Waals surface area contributed by atoms with E-state index in [4.69, 9.17) is 5.73 Å². The zero-order valence-corrected chi connectivity index (χ0v) is 11.7. The molecule has 2 aromatic rings. The molecule has 5 nitrogen and oxygen atoms in total. The molecule has 1 amide bonds. The van der Waals surface area contributed by atoms with E-state index in [1.165, 1.54) is 6.20 Å². The number of nitrogens with zero attached hydrogens (tertiary/aromatic N) is 2. The van der Waals surface area contributed by atoms with Gasteiger partial charge in [-0.1, -0.05) is 6.92 Å². The van der Waals surface area contributed by atoms with Gasteiger partial charge in [0.2, 0.25) is 0 Å². The van der Waals surface area contributed by atoms with Gasteiger partial charge >= 0.3 is 0 Å². The molecule has 0 radical (unpaired) electrons. The van der Waals surface area contributed by atoms with Crippen molar-refractivity contribution >= 4 is 22.9 Å². The number of carbonyl (C=O) groups excluding carboxylic acids is 1. The summed E-state index contributed by atoms with van der Waals surface area (Å²) < 4.78 is 0. The highest BCUT2D eigenvalue weighted by Crippen LogP contribution is 2.17. The average molecular weight is 276 g/mol. The molecule has 0 saturated carbocycles. The van der Waals surface area contributed by atoms with Gasteiger partial charge in [-0.3, -0.25) is 9.78 Å². The Kier molecular flexibility index (Phi) is 4.11. The van der Waals surface area contributed by atoms with Crippen molar-refractivity contribution in [2.45, 2.75) is 19.8 Å². The first-order chi connectivity index (χ1) is 9.08. The Morgan fingerprint density at radius 1 is 1.53 bits per heavy atom. The largest absolute Gasteiger partial charge is 0.398 e. The summed E-state index contributed by atoms with van der Waals surface area (Å²) in [7, 11) is 0. The SMILES string of the molecule is Cc1cc(N)c(C(=O)NCC(C)c2nccs2)cn1. The molecule has 0 aromatic carbocycles. The summed E-state index contributed by atoms with van der Waals surface area (Å²) >= 11 is 1.58. The lowest BCUT2D eigenvalue weighted by Gasteiger charge is -2.11. The van der Waals surface area contributed by atoms with E-state index in [0.29, 0.717) is 17.8 Å². The molecular formula is C13H16N4OS. The topological polar surface area (TPSA) is 80.9 Å². The van der Waals surface area contributed by atoms with Crippen molar-refractivity contribution in [2.24, 2.45) is 0 Å². The number of aromatic nitrogens is 2. The molecule has 1 atom stereocenters. The molecule has 0 bridgehead atoms. The maximum absolute atomic E-state index is 12.0. The number of nitrogen functional groups attached to an aromatic ring is 1. The third-order valence-corrected chi connectivity index (χ3v) is 3.77. The highest BCUT2D eigenvalue weighted by Gasteiger charge is 2.13. The van der Waals surface area contributed by atoms with Crippen molar-refractivity contribution in [1.29, 1.82) is 0 Å². The van der Waals surface area contributed by atoms with Crippen molar-refractivity contribution < 1.29 is 4.79 Å². The van der Waals surface area contributed by atoms with Gasteiger partial charge in [-0.2, -0.15) is 0 Å². The molecule has 0 saturated heterocycles. The van der Waals surface area contributed by atoms with E-state index in [0.717, 1.165) is 10.7 Å². The normalized spacial score (nSPS) is 12.1. The highest BCUT2D eigenvalue weighted by molar-refractivity contribution is 7.09. The second-order valence-corrected chi connectivity index (χ2v) is 5.32. The van der Waals surface area contributed by atoms with Gasteiger partial charge in [-0.25, -0.2) is 4.98 Å². The minimum atomic E-state index is -0.201. The molecule has 2 rings (SSSR count). The quantitative estimate of drug-likeness (QED) is 0.894. The Bertz CT molecular complexity index is 568. The number of rotatable bonds is 4. The molecule has 0 aliphatic heterocycles. The molecule has 2 aromatic heterocycles. The number of thiazole rings is 1. The molecular weight excluding hydrogens is 260 g/mol. The fourth-order valence-corrected chi connectivity index (χ4v) is 2.38. The Morgan fingerprint density at radius 2 is 2.32 bits per heavy atom. The monoisotopic (exact) mass is 276 g/mol. The Labute approximate surface area is 115 Å². The van der Waals surface area contributed by atoms with Crippen LogP contribution in [0.5, 0.6) is 0 Å². The van der Waals surface area contributed by atoms with Crippen LogP contribution in [0.4, 0.5) is 5.69 Å². The van der Waals surface area contributed by atoms with Crippen molar-refractivity contribution in [3.63, 3.8) is 0 Å². The summed E-state index contributed by atoms with van der Waals surface area (Å²) in [6.45, 7) is 4.39. The third kappa shape index (κ3) is 3.29. The second kappa shape index (κ2) is 5.79. The fourth-order valence-electron chi connectivity index (χ4n) is 1.68. The van der Waals surface area contributed by atoms with E-state index in [2.05, 4.69) is 15.3 Å². The van der Waals surface area contributed by atoms with Gasteiger partial charge in [0.15, 0.2) is 0 Å². The number of nitrogens with two attached hydrogens (primary N) is 1. The fraction of sp³-hybridized carbons (Fsp3) is 0.308. The number of nitrogens with one attached hydrogen (secondary N) is 1. The van der Waals surface area contributed by atoms with Crippen molar-refractivity contribution in [3.05, 3.63) is 40.1 Å². The number of amides is 1. The lowest BCUT2D eigenvalue weighted by molar-refractivity contribution is 0.0952. The van der Waals surface area contributed by atoms with Crippen LogP contribution in [0.3, 0.4) is 0 Å². The summed E-state index contributed by atoms with van der Waals surface area (Å²) in [6.07, 6.45) is 3.27. The summed E-state index contributed by atoms with van der Waals surface area (Å²) in [6, 6.07) is 1.69. The predicted octanol–water partition coefficient (Wildman–Crippen LogP) is 1.96. The number of pyridine rings is 1. The molecule has 1 unspecified atom stereocenters. The van der Waals surface area contributed by atoms with Crippen molar-refractivity contribution in [2.75, 3.05) is 12.3 Å². The maximum Gasteiger partial charge on any atom is 0.254 e. The summed E-state index contributed by atoms with van der Waals surface area (Å²) in [5.41, 5.74) is 7.47. The molecule has 0 fully saturated rings. The molecule has 100 valence electrons. The van der Waals surface area contributed by atoms with E-state index in [1.807, 2.05) is 19.2 Å². The number of carbonyl (C=O) groups is 1. The van der Waals surface area contributed by atoms with Crippen LogP contribution in [0.25, 0.3) is 0 Å². The van der Waals surface area contributed by atoms with Crippen molar-refractivity contribution in [3.8, 4) is 0 Å². The van der Waals surface area contributed by atoms with Crippen LogP contribution in [0.15, 0.2) is 23.8 Å². The molecule has 0 spiro atoms. The minimum absolute atomic E-state index is 0.184. The number of hydrogen-bond acceptors (Lipinski definition) is 5. The Hall–Kier alpha value is -1.95. The van der Waals surface area contributed by atoms with Crippen LogP contribution in [0.2, 0.25) is 0 Å². The molecule has 3 N–H and O–H groups in total. The predicted molar refractivity (Wildman–Crippen MR) is 76.2 cm³/mol. The Morgan fingerprint density at radius 3 is 2.95 bits per heavy atom. The van der Waals surface area contributed by atoms with E-state index < -0.39 is 0 Å². The van der Waals surface area contributed by atoms with Crippen LogP contribution in [-0.2, 0) is 0 Å². The molecule has 0 aliphatic rings. The highest BCUT2D eigenvalue weighted by atomic mass is 32.1. The molecule has 19 heavy (non-hydrogen) atoms. The zero-order chi connectivity index (χ0) is 13.8. The van der Waals surface area contributed by atoms with Gasteiger partial charge in [-0.15, -0.1) is 11.3 Å². The van der Waals surface area contributed by atoms with E-state index >= 15 is 0 Å². The van der Waals surface area contributed by atoms with Crippen molar-refractivity contribution in [1.82, 2.24) is 15.3 Å². The van der Waals surface area contributed by atoms with Gasteiger partial charge in [0, 0.05) is 41.6 Å². The summed E-state index contributed by atoms with van der Waals surface area (Å²) in [5.74, 6) is -0.0167. The van der Waals surface area contributed by atoms with Gasteiger partial charge < -0.3 is 11.1 Å². The summed E-state index contributed by atoms with van der Waals surface area (Å²) in [4.78, 5) is 20.3. The summed E-state index contributed by atoms with van der Waals surface area (Å²) in [5, 5.41) is 5.79. The maximum atomic E-state index is 12.0. The smallest absolute Gasteiger partial charge is 0.254 e. The molecule has 6 heteroatoms. The lowest BCUT2D eigenvalue weighted by atomic mass is 10.1. The number of anilines is 1. The first-order valence-corrected chi connectivity index (χ1v) is 6.85. The molecule has 0 aliphatic carbocycles. The third-order valence-electron chi connectivity index (χ3n) is 2.76. The van der Waals surface area contributed by atoms with Crippen LogP contribution >= 0.6 is 11.3 Å². The van der Waals surface area contributed by atoms with Gasteiger partial charge in [-0.05, 0) is 13.0 Å². The second-order valence-electron chi connectivity index (χ2n) is 4.39. The van der Waals surface area contributed by atoms with Crippen LogP contribution in [0.1, 0.15) is 33.9 Å². The van der Waals surface area contributed by atoms with Crippen LogP contribution in [-0.4, -0.2) is 22.4 Å². The number of aryl methyl sites for hydroxylation is 1. The first-order valence-electron chi connectivity index (χ1n) is 5.97. The molecule has 2 heterocycles.